The second-order valence-corrected chi connectivity index (χ2v) is 3.43. The normalized spacial score (nSPS) is 14.5. The van der Waals surface area contributed by atoms with Gasteiger partial charge in [0, 0.05) is 18.6 Å². The molecule has 0 fully saturated rings. The third-order valence-electron chi connectivity index (χ3n) is 2.29. The summed E-state index contributed by atoms with van der Waals surface area (Å²) >= 11 is 0. The largest absolute Gasteiger partial charge is 0.316 e. The topological polar surface area (TPSA) is 15.3 Å². The van der Waals surface area contributed by atoms with Crippen molar-refractivity contribution in [1.29, 1.82) is 0 Å². The van der Waals surface area contributed by atoms with E-state index in [9.17, 15) is 0 Å². The molecule has 0 saturated carbocycles. The maximum absolute atomic E-state index is 3.30. The molecular formula is C9H22N2. The SMILES string of the molecule is CCC(CN(C)C(C)C)NC. The van der Waals surface area contributed by atoms with Gasteiger partial charge < -0.3 is 10.2 Å². The fraction of sp³-hybridized carbons (Fsp3) is 1.00. The molecule has 2 nitrogen and oxygen atoms in total. The van der Waals surface area contributed by atoms with Gasteiger partial charge in [0.1, 0.15) is 0 Å². The molecule has 0 aromatic heterocycles. The van der Waals surface area contributed by atoms with Crippen molar-refractivity contribution in [2.75, 3.05) is 20.6 Å². The second-order valence-electron chi connectivity index (χ2n) is 3.43. The van der Waals surface area contributed by atoms with Gasteiger partial charge in [-0.25, -0.2) is 0 Å². The number of hydrogen-bond donors (Lipinski definition) is 1. The molecule has 0 spiro atoms. The van der Waals surface area contributed by atoms with Crippen molar-refractivity contribution < 1.29 is 0 Å². The van der Waals surface area contributed by atoms with Crippen LogP contribution < -0.4 is 5.32 Å². The number of rotatable bonds is 5. The average molecular weight is 158 g/mol. The lowest BCUT2D eigenvalue weighted by Gasteiger charge is -2.25. The van der Waals surface area contributed by atoms with Crippen molar-refractivity contribution in [1.82, 2.24) is 10.2 Å². The Morgan fingerprint density at radius 3 is 2.18 bits per heavy atom. The van der Waals surface area contributed by atoms with Gasteiger partial charge >= 0.3 is 0 Å². The van der Waals surface area contributed by atoms with Gasteiger partial charge in [0.25, 0.3) is 0 Å². The first-order valence-corrected chi connectivity index (χ1v) is 4.49. The van der Waals surface area contributed by atoms with Crippen LogP contribution >= 0.6 is 0 Å². The van der Waals surface area contributed by atoms with Crippen molar-refractivity contribution in [2.45, 2.75) is 39.3 Å². The molecule has 0 aliphatic heterocycles. The zero-order valence-electron chi connectivity index (χ0n) is 8.52. The molecule has 0 saturated heterocycles. The predicted octanol–water partition coefficient (Wildman–Crippen LogP) is 1.32. The molecule has 0 radical (unpaired) electrons. The molecule has 1 atom stereocenters. The Balaban J connectivity index is 3.62. The first-order chi connectivity index (χ1) is 5.11. The van der Waals surface area contributed by atoms with E-state index in [0.29, 0.717) is 12.1 Å². The lowest BCUT2D eigenvalue weighted by Crippen LogP contribution is -2.40. The van der Waals surface area contributed by atoms with Gasteiger partial charge in [-0.2, -0.15) is 0 Å². The van der Waals surface area contributed by atoms with Crippen LogP contribution in [-0.2, 0) is 0 Å². The number of nitrogens with zero attached hydrogens (tertiary/aromatic N) is 1. The molecule has 2 heteroatoms. The van der Waals surface area contributed by atoms with Gasteiger partial charge in [-0.1, -0.05) is 6.92 Å². The van der Waals surface area contributed by atoms with Crippen LogP contribution in [0.15, 0.2) is 0 Å². The summed E-state index contributed by atoms with van der Waals surface area (Å²) in [7, 11) is 4.20. The molecule has 0 bridgehead atoms. The van der Waals surface area contributed by atoms with Crippen LogP contribution in [0, 0.1) is 0 Å². The highest BCUT2D eigenvalue weighted by atomic mass is 15.1. The summed E-state index contributed by atoms with van der Waals surface area (Å²) in [4.78, 5) is 2.37. The fourth-order valence-electron chi connectivity index (χ4n) is 0.983. The van der Waals surface area contributed by atoms with Crippen LogP contribution in [0.25, 0.3) is 0 Å². The lowest BCUT2D eigenvalue weighted by molar-refractivity contribution is 0.243. The van der Waals surface area contributed by atoms with E-state index in [1.54, 1.807) is 0 Å². The molecular weight excluding hydrogens is 136 g/mol. The predicted molar refractivity (Wildman–Crippen MR) is 50.9 cm³/mol. The minimum Gasteiger partial charge on any atom is -0.316 e. The van der Waals surface area contributed by atoms with Crippen molar-refractivity contribution in [3.05, 3.63) is 0 Å². The van der Waals surface area contributed by atoms with Crippen LogP contribution in [0.4, 0.5) is 0 Å². The number of nitrogens with one attached hydrogen (secondary N) is 1. The standard InChI is InChI=1S/C9H22N2/c1-6-9(10-4)7-11(5)8(2)3/h8-10H,6-7H2,1-5H3. The molecule has 0 aromatic rings. The van der Waals surface area contributed by atoms with E-state index < -0.39 is 0 Å². The highest BCUT2D eigenvalue weighted by Crippen LogP contribution is 1.98. The Morgan fingerprint density at radius 2 is 1.91 bits per heavy atom. The third-order valence-corrected chi connectivity index (χ3v) is 2.29. The fourth-order valence-corrected chi connectivity index (χ4v) is 0.983. The zero-order chi connectivity index (χ0) is 8.85. The maximum atomic E-state index is 3.30. The van der Waals surface area contributed by atoms with E-state index in [0.717, 1.165) is 6.54 Å². The Morgan fingerprint density at radius 1 is 1.36 bits per heavy atom. The maximum Gasteiger partial charge on any atom is 0.0189 e. The van der Waals surface area contributed by atoms with Gasteiger partial charge in [-0.15, -0.1) is 0 Å². The number of hydrogen-bond acceptors (Lipinski definition) is 2. The summed E-state index contributed by atoms with van der Waals surface area (Å²) < 4.78 is 0. The van der Waals surface area contributed by atoms with Crippen LogP contribution in [0.1, 0.15) is 27.2 Å². The molecule has 0 aromatic carbocycles. The highest BCUT2D eigenvalue weighted by molar-refractivity contribution is 4.68. The Hall–Kier alpha value is -0.0800. The van der Waals surface area contributed by atoms with Crippen molar-refractivity contribution >= 4 is 0 Å². The van der Waals surface area contributed by atoms with E-state index in [4.69, 9.17) is 0 Å². The van der Waals surface area contributed by atoms with Gasteiger partial charge in [-0.3, -0.25) is 0 Å². The first-order valence-electron chi connectivity index (χ1n) is 4.49. The summed E-state index contributed by atoms with van der Waals surface area (Å²) in [6.07, 6.45) is 1.20. The van der Waals surface area contributed by atoms with Gasteiger partial charge in [-0.05, 0) is 34.4 Å². The molecule has 1 N–H and O–H groups in total. The van der Waals surface area contributed by atoms with Crippen LogP contribution in [0.2, 0.25) is 0 Å². The smallest absolute Gasteiger partial charge is 0.0189 e. The quantitative estimate of drug-likeness (QED) is 0.649. The Bertz CT molecular complexity index is 87.6. The average Bonchev–Trinajstić information content (AvgIpc) is 1.99. The van der Waals surface area contributed by atoms with E-state index >= 15 is 0 Å². The van der Waals surface area contributed by atoms with Crippen molar-refractivity contribution in [3.63, 3.8) is 0 Å². The van der Waals surface area contributed by atoms with Crippen molar-refractivity contribution in [3.8, 4) is 0 Å². The van der Waals surface area contributed by atoms with Crippen LogP contribution in [-0.4, -0.2) is 37.6 Å². The molecule has 1 unspecified atom stereocenters. The molecule has 11 heavy (non-hydrogen) atoms. The summed E-state index contributed by atoms with van der Waals surface area (Å²) in [5.74, 6) is 0. The molecule has 0 amide bonds. The van der Waals surface area contributed by atoms with E-state index in [2.05, 4.69) is 38.0 Å². The Labute approximate surface area is 71.0 Å². The zero-order valence-corrected chi connectivity index (χ0v) is 8.52. The van der Waals surface area contributed by atoms with E-state index in [-0.39, 0.29) is 0 Å². The summed E-state index contributed by atoms with van der Waals surface area (Å²) in [5, 5.41) is 3.30. The minimum absolute atomic E-state index is 0.641. The molecule has 0 heterocycles. The molecule has 0 rings (SSSR count). The monoisotopic (exact) mass is 158 g/mol. The minimum atomic E-state index is 0.641. The number of likely N-dealkylation sites (N-methyl/N-ethyl adjacent to an activating group) is 2. The Kier molecular flexibility index (Phi) is 5.51. The van der Waals surface area contributed by atoms with Crippen molar-refractivity contribution in [2.24, 2.45) is 0 Å². The van der Waals surface area contributed by atoms with Gasteiger partial charge in [0.2, 0.25) is 0 Å². The van der Waals surface area contributed by atoms with Gasteiger partial charge in [0.05, 0.1) is 0 Å². The van der Waals surface area contributed by atoms with E-state index in [1.165, 1.54) is 6.42 Å². The second kappa shape index (κ2) is 5.56. The molecule has 68 valence electrons. The van der Waals surface area contributed by atoms with Gasteiger partial charge in [0.15, 0.2) is 0 Å². The molecule has 0 aliphatic rings. The third kappa shape index (κ3) is 4.38. The first kappa shape index (κ1) is 10.9. The lowest BCUT2D eigenvalue weighted by atomic mass is 10.2. The summed E-state index contributed by atoms with van der Waals surface area (Å²) in [6.45, 7) is 7.81. The van der Waals surface area contributed by atoms with Crippen LogP contribution in [0.5, 0.6) is 0 Å². The summed E-state index contributed by atoms with van der Waals surface area (Å²) in [5.41, 5.74) is 0. The summed E-state index contributed by atoms with van der Waals surface area (Å²) in [6, 6.07) is 1.29. The van der Waals surface area contributed by atoms with Crippen LogP contribution in [0.3, 0.4) is 0 Å². The van der Waals surface area contributed by atoms with E-state index in [1.807, 2.05) is 7.05 Å². The highest BCUT2D eigenvalue weighted by Gasteiger charge is 2.08. The molecule has 0 aliphatic carbocycles.